The molecule has 0 aliphatic heterocycles. The molecule has 94 valence electrons. The molecule has 1 aliphatic carbocycles. The third-order valence-electron chi connectivity index (χ3n) is 3.99. The minimum atomic E-state index is 1.12. The predicted octanol–water partition coefficient (Wildman–Crippen LogP) is 5.41. The molecule has 4 rings (SSSR count). The summed E-state index contributed by atoms with van der Waals surface area (Å²) in [6.45, 7) is 4.29. The van der Waals surface area contributed by atoms with Crippen LogP contribution in [0.25, 0.3) is 28.0 Å². The van der Waals surface area contributed by atoms with Crippen LogP contribution in [0.15, 0.2) is 73.3 Å². The summed E-state index contributed by atoms with van der Waals surface area (Å²) in [6.07, 6.45) is 2.25. The number of allylic oxidation sites excluding steroid dienone is 2. The van der Waals surface area contributed by atoms with Crippen molar-refractivity contribution >= 4 is 28.0 Å². The molecule has 0 unspecified atom stereocenters. The van der Waals surface area contributed by atoms with E-state index < -0.39 is 0 Å². The molecule has 0 heteroatoms. The van der Waals surface area contributed by atoms with E-state index in [4.69, 9.17) is 0 Å². The number of hydrogen-bond acceptors (Lipinski definition) is 0. The number of fused-ring (bicyclic) bond motifs is 2. The lowest BCUT2D eigenvalue weighted by atomic mass is 9.94. The van der Waals surface area contributed by atoms with Gasteiger partial charge in [-0.05, 0) is 44.7 Å². The highest BCUT2D eigenvalue weighted by atomic mass is 14.2. The van der Waals surface area contributed by atoms with Crippen LogP contribution in [0.3, 0.4) is 0 Å². The SMILES string of the molecule is C=C1C(c2cccc3ccccc23)=Cc2ccccc21. The zero-order chi connectivity index (χ0) is 13.5. The summed E-state index contributed by atoms with van der Waals surface area (Å²) in [5.74, 6) is 0. The van der Waals surface area contributed by atoms with Crippen molar-refractivity contribution in [2.24, 2.45) is 0 Å². The Kier molecular flexibility index (Phi) is 2.37. The van der Waals surface area contributed by atoms with E-state index in [0.717, 1.165) is 5.57 Å². The smallest absolute Gasteiger partial charge is 0.00987 e. The minimum Gasteiger partial charge on any atom is -0.0905 e. The van der Waals surface area contributed by atoms with Crippen molar-refractivity contribution in [3.8, 4) is 0 Å². The summed E-state index contributed by atoms with van der Waals surface area (Å²) in [5, 5.41) is 2.56. The molecule has 1 aliphatic rings. The average Bonchev–Trinajstić information content (AvgIpc) is 2.84. The Morgan fingerprint density at radius 3 is 2.25 bits per heavy atom. The summed E-state index contributed by atoms with van der Waals surface area (Å²) < 4.78 is 0. The molecule has 0 amide bonds. The molecule has 3 aromatic rings. The van der Waals surface area contributed by atoms with Crippen molar-refractivity contribution in [1.29, 1.82) is 0 Å². The van der Waals surface area contributed by atoms with E-state index in [1.54, 1.807) is 0 Å². The van der Waals surface area contributed by atoms with Gasteiger partial charge in [-0.2, -0.15) is 0 Å². The van der Waals surface area contributed by atoms with Gasteiger partial charge in [0.1, 0.15) is 0 Å². The topological polar surface area (TPSA) is 0 Å². The first-order valence-corrected chi connectivity index (χ1v) is 6.83. The monoisotopic (exact) mass is 254 g/mol. The lowest BCUT2D eigenvalue weighted by Crippen LogP contribution is -1.86. The molecule has 0 nitrogen and oxygen atoms in total. The molecule has 20 heavy (non-hydrogen) atoms. The Morgan fingerprint density at radius 1 is 0.650 bits per heavy atom. The van der Waals surface area contributed by atoms with Gasteiger partial charge < -0.3 is 0 Å². The summed E-state index contributed by atoms with van der Waals surface area (Å²) in [4.78, 5) is 0. The first-order chi connectivity index (χ1) is 9.84. The number of benzene rings is 3. The molecule has 3 aromatic carbocycles. The van der Waals surface area contributed by atoms with Gasteiger partial charge in [0.25, 0.3) is 0 Å². The van der Waals surface area contributed by atoms with E-state index in [0.29, 0.717) is 0 Å². The molecular formula is C20H14. The molecular weight excluding hydrogens is 240 g/mol. The summed E-state index contributed by atoms with van der Waals surface area (Å²) in [5.41, 5.74) is 6.14. The molecule has 0 saturated heterocycles. The maximum absolute atomic E-state index is 4.29. The number of hydrogen-bond donors (Lipinski definition) is 0. The molecule has 0 aromatic heterocycles. The lowest BCUT2D eigenvalue weighted by molar-refractivity contribution is 1.62. The van der Waals surface area contributed by atoms with Gasteiger partial charge in [-0.1, -0.05) is 73.3 Å². The molecule has 0 radical (unpaired) electrons. The van der Waals surface area contributed by atoms with Gasteiger partial charge in [-0.3, -0.25) is 0 Å². The second-order valence-electron chi connectivity index (χ2n) is 5.15. The van der Waals surface area contributed by atoms with Gasteiger partial charge in [-0.15, -0.1) is 0 Å². The third kappa shape index (κ3) is 1.55. The Balaban J connectivity index is 1.97. The standard InChI is InChI=1S/C20H14/c1-14-17-10-4-3-8-16(17)13-20(14)19-12-6-9-15-7-2-5-11-18(15)19/h2-13H,1H2. The summed E-state index contributed by atoms with van der Waals surface area (Å²) >= 11 is 0. The van der Waals surface area contributed by atoms with Crippen molar-refractivity contribution in [1.82, 2.24) is 0 Å². The number of rotatable bonds is 1. The Bertz CT molecular complexity index is 861. The van der Waals surface area contributed by atoms with Crippen LogP contribution in [0.5, 0.6) is 0 Å². The maximum Gasteiger partial charge on any atom is -0.00987 e. The Labute approximate surface area is 118 Å². The average molecular weight is 254 g/mol. The van der Waals surface area contributed by atoms with Crippen molar-refractivity contribution in [3.05, 3.63) is 90.0 Å². The second kappa shape index (κ2) is 4.21. The summed E-state index contributed by atoms with van der Waals surface area (Å²) in [6, 6.07) is 23.4. The van der Waals surface area contributed by atoms with Gasteiger partial charge in [0.15, 0.2) is 0 Å². The van der Waals surface area contributed by atoms with Gasteiger partial charge in [0, 0.05) is 0 Å². The molecule has 0 atom stereocenters. The normalized spacial score (nSPS) is 13.4. The van der Waals surface area contributed by atoms with Gasteiger partial charge in [0.2, 0.25) is 0 Å². The zero-order valence-electron chi connectivity index (χ0n) is 11.1. The maximum atomic E-state index is 4.29. The van der Waals surface area contributed by atoms with Crippen LogP contribution in [0.2, 0.25) is 0 Å². The van der Waals surface area contributed by atoms with Crippen LogP contribution >= 0.6 is 0 Å². The highest BCUT2D eigenvalue weighted by Gasteiger charge is 2.18. The third-order valence-corrected chi connectivity index (χ3v) is 3.99. The van der Waals surface area contributed by atoms with E-state index in [1.807, 2.05) is 0 Å². The van der Waals surface area contributed by atoms with E-state index in [1.165, 1.54) is 33.0 Å². The molecule has 0 N–H and O–H groups in total. The Hall–Kier alpha value is -2.60. The zero-order valence-corrected chi connectivity index (χ0v) is 11.1. The molecule has 0 heterocycles. The second-order valence-corrected chi connectivity index (χ2v) is 5.15. The quantitative estimate of drug-likeness (QED) is 0.545. The van der Waals surface area contributed by atoms with Crippen LogP contribution in [0.4, 0.5) is 0 Å². The van der Waals surface area contributed by atoms with Crippen LogP contribution in [-0.2, 0) is 0 Å². The fourth-order valence-corrected chi connectivity index (χ4v) is 2.99. The van der Waals surface area contributed by atoms with Crippen molar-refractivity contribution in [3.63, 3.8) is 0 Å². The van der Waals surface area contributed by atoms with Crippen LogP contribution in [-0.4, -0.2) is 0 Å². The molecule has 0 fully saturated rings. The fourth-order valence-electron chi connectivity index (χ4n) is 2.99. The van der Waals surface area contributed by atoms with Crippen molar-refractivity contribution in [2.45, 2.75) is 0 Å². The Morgan fingerprint density at radius 2 is 1.35 bits per heavy atom. The van der Waals surface area contributed by atoms with E-state index in [9.17, 15) is 0 Å². The predicted molar refractivity (Wildman–Crippen MR) is 87.3 cm³/mol. The summed E-state index contributed by atoms with van der Waals surface area (Å²) in [7, 11) is 0. The van der Waals surface area contributed by atoms with Crippen LogP contribution in [0, 0.1) is 0 Å². The van der Waals surface area contributed by atoms with Crippen LogP contribution in [0.1, 0.15) is 16.7 Å². The highest BCUT2D eigenvalue weighted by molar-refractivity contribution is 6.19. The van der Waals surface area contributed by atoms with E-state index in [-0.39, 0.29) is 0 Å². The molecule has 0 saturated carbocycles. The lowest BCUT2D eigenvalue weighted by Gasteiger charge is -2.09. The first kappa shape index (κ1) is 11.2. The van der Waals surface area contributed by atoms with Gasteiger partial charge in [0.05, 0.1) is 0 Å². The van der Waals surface area contributed by atoms with Crippen LogP contribution < -0.4 is 0 Å². The minimum absolute atomic E-state index is 1.12. The van der Waals surface area contributed by atoms with Gasteiger partial charge >= 0.3 is 0 Å². The fraction of sp³-hybridized carbons (Fsp3) is 0. The first-order valence-electron chi connectivity index (χ1n) is 6.83. The molecule has 0 bridgehead atoms. The highest BCUT2D eigenvalue weighted by Crippen LogP contribution is 2.41. The van der Waals surface area contributed by atoms with Crippen molar-refractivity contribution < 1.29 is 0 Å². The largest absolute Gasteiger partial charge is 0.0905 e. The van der Waals surface area contributed by atoms with E-state index >= 15 is 0 Å². The van der Waals surface area contributed by atoms with E-state index in [2.05, 4.69) is 79.4 Å². The molecule has 0 spiro atoms. The van der Waals surface area contributed by atoms with Crippen molar-refractivity contribution in [2.75, 3.05) is 0 Å². The van der Waals surface area contributed by atoms with Gasteiger partial charge in [-0.25, -0.2) is 0 Å².